The molecule has 0 aliphatic heterocycles. The Hall–Kier alpha value is -1.00. The number of sulfonamides is 1. The fourth-order valence-electron chi connectivity index (χ4n) is 1.56. The minimum absolute atomic E-state index is 0.0408. The third-order valence-electron chi connectivity index (χ3n) is 2.54. The highest BCUT2D eigenvalue weighted by atomic mass is 127. The maximum Gasteiger partial charge on any atom is 0.267 e. The van der Waals surface area contributed by atoms with Crippen LogP contribution < -0.4 is 10.5 Å². The van der Waals surface area contributed by atoms with E-state index in [1.807, 2.05) is 6.92 Å². The number of nitrogen functional groups attached to an aromatic ring is 1. The molecule has 0 fully saturated rings. The summed E-state index contributed by atoms with van der Waals surface area (Å²) < 4.78 is 29.3. The molecule has 0 aliphatic carbocycles. The fraction of sp³-hybridized carbons (Fsp3) is 0.182. The molecule has 3 N–H and O–H groups in total. The Morgan fingerprint density at radius 2 is 2.20 bits per heavy atom. The first kappa shape index (κ1) is 15.4. The van der Waals surface area contributed by atoms with Crippen molar-refractivity contribution in [2.75, 3.05) is 10.5 Å². The Balaban J connectivity index is 2.38. The molecule has 108 valence electrons. The zero-order valence-electron chi connectivity index (χ0n) is 10.5. The number of aryl methyl sites for hydroxylation is 1. The van der Waals surface area contributed by atoms with Crippen LogP contribution in [-0.4, -0.2) is 18.2 Å². The highest BCUT2D eigenvalue weighted by molar-refractivity contribution is 14.1. The van der Waals surface area contributed by atoms with Crippen LogP contribution in [0.5, 0.6) is 0 Å². The zero-order chi connectivity index (χ0) is 14.9. The van der Waals surface area contributed by atoms with Gasteiger partial charge in [-0.1, -0.05) is 11.6 Å². The van der Waals surface area contributed by atoms with Crippen molar-refractivity contribution in [3.8, 4) is 0 Å². The van der Waals surface area contributed by atoms with Crippen LogP contribution >= 0.6 is 34.2 Å². The second-order valence-electron chi connectivity index (χ2n) is 3.96. The SMILES string of the molecule is CCn1cc(S(=O)(=O)Nc2ccc(I)cc2Cl)c(N)n1. The van der Waals surface area contributed by atoms with Crippen LogP contribution in [0.1, 0.15) is 6.92 Å². The van der Waals surface area contributed by atoms with Gasteiger partial charge in [0.25, 0.3) is 10.0 Å². The van der Waals surface area contributed by atoms with Crippen LogP contribution in [0.15, 0.2) is 29.3 Å². The molecule has 2 rings (SSSR count). The van der Waals surface area contributed by atoms with Crippen LogP contribution in [0, 0.1) is 3.57 Å². The predicted octanol–water partition coefficient (Wildman–Crippen LogP) is 2.54. The molecular weight excluding hydrogens is 415 g/mol. The standard InChI is InChI=1S/C11H12ClIN4O2S/c1-2-17-6-10(11(14)15-17)20(18,19)16-9-4-3-7(13)5-8(9)12/h3-6,16H,2H2,1H3,(H2,14,15). The zero-order valence-corrected chi connectivity index (χ0v) is 14.2. The van der Waals surface area contributed by atoms with Crippen molar-refractivity contribution in [2.45, 2.75) is 18.4 Å². The number of anilines is 2. The van der Waals surface area contributed by atoms with Crippen LogP contribution in [0.25, 0.3) is 0 Å². The molecule has 0 radical (unpaired) electrons. The molecule has 0 aliphatic rings. The molecule has 0 saturated heterocycles. The van der Waals surface area contributed by atoms with E-state index in [0.29, 0.717) is 17.3 Å². The summed E-state index contributed by atoms with van der Waals surface area (Å²) in [5, 5.41) is 4.24. The molecule has 0 atom stereocenters. The number of benzene rings is 1. The van der Waals surface area contributed by atoms with Gasteiger partial charge in [0.05, 0.1) is 10.7 Å². The molecule has 1 aromatic heterocycles. The first-order valence-electron chi connectivity index (χ1n) is 5.64. The van der Waals surface area contributed by atoms with E-state index < -0.39 is 10.0 Å². The van der Waals surface area contributed by atoms with Gasteiger partial charge < -0.3 is 5.73 Å². The molecule has 1 aromatic carbocycles. The summed E-state index contributed by atoms with van der Waals surface area (Å²) in [6.45, 7) is 2.37. The van der Waals surface area contributed by atoms with Gasteiger partial charge in [-0.2, -0.15) is 5.10 Å². The first-order chi connectivity index (χ1) is 9.33. The lowest BCUT2D eigenvalue weighted by molar-refractivity contribution is 0.600. The van der Waals surface area contributed by atoms with Crippen molar-refractivity contribution < 1.29 is 8.42 Å². The van der Waals surface area contributed by atoms with Gasteiger partial charge in [0.2, 0.25) is 0 Å². The van der Waals surface area contributed by atoms with Crippen molar-refractivity contribution in [3.05, 3.63) is 33.0 Å². The van der Waals surface area contributed by atoms with Crippen molar-refractivity contribution in [3.63, 3.8) is 0 Å². The topological polar surface area (TPSA) is 90.0 Å². The Labute approximate surface area is 135 Å². The lowest BCUT2D eigenvalue weighted by Gasteiger charge is -2.08. The number of nitrogens with two attached hydrogens (primary N) is 1. The molecule has 0 unspecified atom stereocenters. The van der Waals surface area contributed by atoms with Gasteiger partial charge in [-0.15, -0.1) is 0 Å². The first-order valence-corrected chi connectivity index (χ1v) is 8.58. The average Bonchev–Trinajstić information content (AvgIpc) is 2.75. The van der Waals surface area contributed by atoms with Crippen LogP contribution in [0.3, 0.4) is 0 Å². The smallest absolute Gasteiger partial charge is 0.267 e. The van der Waals surface area contributed by atoms with Gasteiger partial charge in [-0.25, -0.2) is 8.42 Å². The largest absolute Gasteiger partial charge is 0.381 e. The summed E-state index contributed by atoms with van der Waals surface area (Å²) in [6, 6.07) is 5.02. The van der Waals surface area contributed by atoms with Crippen molar-refractivity contribution in [1.82, 2.24) is 9.78 Å². The van der Waals surface area contributed by atoms with Crippen molar-refractivity contribution >= 4 is 55.7 Å². The van der Waals surface area contributed by atoms with E-state index in [-0.39, 0.29) is 10.7 Å². The summed E-state index contributed by atoms with van der Waals surface area (Å²) in [7, 11) is -3.81. The van der Waals surface area contributed by atoms with Crippen molar-refractivity contribution in [1.29, 1.82) is 0 Å². The Morgan fingerprint density at radius 3 is 2.75 bits per heavy atom. The monoisotopic (exact) mass is 426 g/mol. The van der Waals surface area contributed by atoms with Crippen LogP contribution in [0.4, 0.5) is 11.5 Å². The predicted molar refractivity (Wildman–Crippen MR) is 87.3 cm³/mol. The van der Waals surface area contributed by atoms with Gasteiger partial charge in [0.15, 0.2) is 5.82 Å². The van der Waals surface area contributed by atoms with Gasteiger partial charge >= 0.3 is 0 Å². The maximum atomic E-state index is 12.3. The third-order valence-corrected chi connectivity index (χ3v) is 4.91. The number of hydrogen-bond donors (Lipinski definition) is 2. The van der Waals surface area contributed by atoms with Crippen LogP contribution in [-0.2, 0) is 16.6 Å². The lowest BCUT2D eigenvalue weighted by Crippen LogP contribution is -2.14. The van der Waals surface area contributed by atoms with E-state index in [2.05, 4.69) is 32.4 Å². The molecule has 2 aromatic rings. The quantitative estimate of drug-likeness (QED) is 0.735. The molecule has 20 heavy (non-hydrogen) atoms. The van der Waals surface area contributed by atoms with Gasteiger partial charge in [-0.05, 0) is 47.7 Å². The summed E-state index contributed by atoms with van der Waals surface area (Å²) in [5.74, 6) is -0.0408. The van der Waals surface area contributed by atoms with E-state index >= 15 is 0 Å². The number of hydrogen-bond acceptors (Lipinski definition) is 4. The Morgan fingerprint density at radius 1 is 1.50 bits per heavy atom. The minimum atomic E-state index is -3.81. The van der Waals surface area contributed by atoms with E-state index in [4.69, 9.17) is 17.3 Å². The maximum absolute atomic E-state index is 12.3. The highest BCUT2D eigenvalue weighted by Crippen LogP contribution is 2.27. The number of aromatic nitrogens is 2. The second-order valence-corrected chi connectivity index (χ2v) is 7.27. The summed E-state index contributed by atoms with van der Waals surface area (Å²) in [5.41, 5.74) is 5.94. The normalized spacial score (nSPS) is 11.6. The Bertz CT molecular complexity index is 745. The van der Waals surface area contributed by atoms with E-state index in [0.717, 1.165) is 3.57 Å². The molecule has 0 spiro atoms. The molecular formula is C11H12ClIN4O2S. The van der Waals surface area contributed by atoms with Gasteiger partial charge in [0, 0.05) is 16.3 Å². The molecule has 9 heteroatoms. The fourth-order valence-corrected chi connectivity index (χ4v) is 3.67. The summed E-state index contributed by atoms with van der Waals surface area (Å²) >= 11 is 8.10. The number of nitrogens with one attached hydrogen (secondary N) is 1. The molecule has 0 amide bonds. The molecule has 0 saturated carbocycles. The van der Waals surface area contributed by atoms with E-state index in [1.165, 1.54) is 10.9 Å². The summed E-state index contributed by atoms with van der Waals surface area (Å²) in [4.78, 5) is -0.0611. The number of rotatable bonds is 4. The lowest BCUT2D eigenvalue weighted by atomic mass is 10.3. The number of halogens is 2. The second kappa shape index (κ2) is 5.78. The third kappa shape index (κ3) is 3.18. The van der Waals surface area contributed by atoms with Gasteiger partial charge in [0.1, 0.15) is 4.90 Å². The van der Waals surface area contributed by atoms with Gasteiger partial charge in [-0.3, -0.25) is 9.40 Å². The molecule has 1 heterocycles. The van der Waals surface area contributed by atoms with E-state index in [1.54, 1.807) is 18.2 Å². The molecule has 0 bridgehead atoms. The van der Waals surface area contributed by atoms with Crippen LogP contribution in [0.2, 0.25) is 5.02 Å². The van der Waals surface area contributed by atoms with E-state index in [9.17, 15) is 8.42 Å². The summed E-state index contributed by atoms with van der Waals surface area (Å²) in [6.07, 6.45) is 1.39. The van der Waals surface area contributed by atoms with Crippen molar-refractivity contribution in [2.24, 2.45) is 0 Å². The molecule has 6 nitrogen and oxygen atoms in total. The Kier molecular flexibility index (Phi) is 4.45. The minimum Gasteiger partial charge on any atom is -0.381 e. The average molecular weight is 427 g/mol. The highest BCUT2D eigenvalue weighted by Gasteiger charge is 2.22. The number of nitrogens with zero attached hydrogens (tertiary/aromatic N) is 2.